The molecule has 14 heavy (non-hydrogen) atoms. The summed E-state index contributed by atoms with van der Waals surface area (Å²) in [6, 6.07) is 6.73. The number of benzene rings is 1. The van der Waals surface area contributed by atoms with Gasteiger partial charge in [-0.3, -0.25) is 0 Å². The van der Waals surface area contributed by atoms with Crippen molar-refractivity contribution in [2.24, 2.45) is 0 Å². The van der Waals surface area contributed by atoms with Crippen LogP contribution in [0.2, 0.25) is 0 Å². The third kappa shape index (κ3) is 1.44. The fourth-order valence-electron chi connectivity index (χ4n) is 1.46. The molecule has 0 aromatic heterocycles. The predicted molar refractivity (Wildman–Crippen MR) is 54.9 cm³/mol. The van der Waals surface area contributed by atoms with E-state index in [1.807, 2.05) is 11.9 Å². The van der Waals surface area contributed by atoms with E-state index < -0.39 is 0 Å². The molecule has 0 fully saturated rings. The Hall–Kier alpha value is -1.21. The summed E-state index contributed by atoms with van der Waals surface area (Å²) in [5.41, 5.74) is 0.813. The van der Waals surface area contributed by atoms with E-state index in [9.17, 15) is 4.39 Å². The quantitative estimate of drug-likeness (QED) is 0.654. The molecule has 2 rings (SSSR count). The van der Waals surface area contributed by atoms with Crippen LogP contribution in [0.25, 0.3) is 0 Å². The molecule has 1 unspecified atom stereocenters. The number of halogens is 1. The van der Waals surface area contributed by atoms with Gasteiger partial charge in [0.15, 0.2) is 0 Å². The lowest BCUT2D eigenvalue weighted by molar-refractivity contribution is 0.624. The van der Waals surface area contributed by atoms with E-state index in [1.54, 1.807) is 17.8 Å². The zero-order valence-electron chi connectivity index (χ0n) is 7.70. The standard InChI is InChI=1S/C10H9FN2S/c1-13-8(5-12)6-14-10-3-2-7(11)4-9(10)13/h2-4,8H,6H2,1H3. The highest BCUT2D eigenvalue weighted by molar-refractivity contribution is 7.99. The minimum atomic E-state index is -0.255. The van der Waals surface area contributed by atoms with Gasteiger partial charge in [-0.05, 0) is 18.2 Å². The number of thioether (sulfide) groups is 1. The van der Waals surface area contributed by atoms with Gasteiger partial charge in [0.1, 0.15) is 11.9 Å². The first-order valence-electron chi connectivity index (χ1n) is 4.27. The van der Waals surface area contributed by atoms with E-state index >= 15 is 0 Å². The fraction of sp³-hybridized carbons (Fsp3) is 0.300. The number of hydrogen-bond acceptors (Lipinski definition) is 3. The number of nitriles is 1. The van der Waals surface area contributed by atoms with Crippen LogP contribution in [-0.4, -0.2) is 18.8 Å². The van der Waals surface area contributed by atoms with Crippen molar-refractivity contribution in [3.63, 3.8) is 0 Å². The Morgan fingerprint density at radius 2 is 2.43 bits per heavy atom. The van der Waals surface area contributed by atoms with E-state index in [2.05, 4.69) is 6.07 Å². The first-order valence-corrected chi connectivity index (χ1v) is 5.25. The fourth-order valence-corrected chi connectivity index (χ4v) is 2.61. The average Bonchev–Trinajstić information content (AvgIpc) is 2.20. The largest absolute Gasteiger partial charge is 0.357 e. The van der Waals surface area contributed by atoms with Crippen LogP contribution >= 0.6 is 11.8 Å². The monoisotopic (exact) mass is 208 g/mol. The third-order valence-electron chi connectivity index (χ3n) is 2.31. The normalized spacial score (nSPS) is 20.1. The van der Waals surface area contributed by atoms with Crippen LogP contribution in [0.3, 0.4) is 0 Å². The van der Waals surface area contributed by atoms with Gasteiger partial charge in [-0.2, -0.15) is 5.26 Å². The van der Waals surface area contributed by atoms with Gasteiger partial charge in [-0.15, -0.1) is 11.8 Å². The van der Waals surface area contributed by atoms with Crippen LogP contribution in [-0.2, 0) is 0 Å². The molecule has 0 saturated carbocycles. The molecule has 0 bridgehead atoms. The Morgan fingerprint density at radius 3 is 3.14 bits per heavy atom. The zero-order valence-corrected chi connectivity index (χ0v) is 8.51. The SMILES string of the molecule is CN1c2cc(F)ccc2SCC1C#N. The smallest absolute Gasteiger partial charge is 0.126 e. The van der Waals surface area contributed by atoms with Gasteiger partial charge in [0.05, 0.1) is 11.8 Å². The van der Waals surface area contributed by atoms with Gasteiger partial charge in [0.2, 0.25) is 0 Å². The second kappa shape index (κ2) is 3.50. The molecule has 1 aromatic rings. The molecule has 0 saturated heterocycles. The van der Waals surface area contributed by atoms with Crippen LogP contribution in [0.4, 0.5) is 10.1 Å². The topological polar surface area (TPSA) is 27.0 Å². The maximum Gasteiger partial charge on any atom is 0.126 e. The number of fused-ring (bicyclic) bond motifs is 1. The molecule has 1 heterocycles. The lowest BCUT2D eigenvalue weighted by Crippen LogP contribution is -2.35. The first-order chi connectivity index (χ1) is 6.72. The molecule has 1 aliphatic rings. The molecule has 1 aromatic carbocycles. The second-order valence-corrected chi connectivity index (χ2v) is 4.24. The van der Waals surface area contributed by atoms with Crippen molar-refractivity contribution in [3.8, 4) is 6.07 Å². The van der Waals surface area contributed by atoms with Crippen molar-refractivity contribution in [3.05, 3.63) is 24.0 Å². The van der Waals surface area contributed by atoms with Gasteiger partial charge >= 0.3 is 0 Å². The maximum absolute atomic E-state index is 13.0. The number of nitrogens with zero attached hydrogens (tertiary/aromatic N) is 2. The van der Waals surface area contributed by atoms with Crippen molar-refractivity contribution in [1.29, 1.82) is 5.26 Å². The number of hydrogen-bond donors (Lipinski definition) is 0. The van der Waals surface area contributed by atoms with Crippen molar-refractivity contribution in [2.75, 3.05) is 17.7 Å². The summed E-state index contributed by atoms with van der Waals surface area (Å²) in [5.74, 6) is 0.487. The van der Waals surface area contributed by atoms with Crippen molar-refractivity contribution in [1.82, 2.24) is 0 Å². The highest BCUT2D eigenvalue weighted by Crippen LogP contribution is 2.36. The van der Waals surface area contributed by atoms with Gasteiger partial charge in [0.25, 0.3) is 0 Å². The molecular weight excluding hydrogens is 199 g/mol. The van der Waals surface area contributed by atoms with Crippen LogP contribution in [0, 0.1) is 17.1 Å². The van der Waals surface area contributed by atoms with Crippen LogP contribution in [0.5, 0.6) is 0 Å². The minimum Gasteiger partial charge on any atom is -0.357 e. The Bertz CT molecular complexity index is 400. The van der Waals surface area contributed by atoms with Gasteiger partial charge < -0.3 is 4.90 Å². The Balaban J connectivity index is 2.44. The van der Waals surface area contributed by atoms with Crippen molar-refractivity contribution < 1.29 is 4.39 Å². The van der Waals surface area contributed by atoms with Crippen molar-refractivity contribution in [2.45, 2.75) is 10.9 Å². The summed E-state index contributed by atoms with van der Waals surface area (Å²) in [7, 11) is 1.83. The molecule has 2 nitrogen and oxygen atoms in total. The summed E-state index contributed by atoms with van der Waals surface area (Å²) in [6.07, 6.45) is 0. The molecule has 4 heteroatoms. The van der Waals surface area contributed by atoms with Gasteiger partial charge in [-0.1, -0.05) is 0 Å². The second-order valence-electron chi connectivity index (χ2n) is 3.18. The van der Waals surface area contributed by atoms with Crippen LogP contribution < -0.4 is 4.90 Å². The molecule has 72 valence electrons. The Labute approximate surface area is 86.3 Å². The lowest BCUT2D eigenvalue weighted by atomic mass is 10.2. The molecule has 0 radical (unpaired) electrons. The average molecular weight is 208 g/mol. The lowest BCUT2D eigenvalue weighted by Gasteiger charge is -2.31. The van der Waals surface area contributed by atoms with E-state index in [0.29, 0.717) is 0 Å². The molecule has 1 atom stereocenters. The van der Waals surface area contributed by atoms with E-state index in [4.69, 9.17) is 5.26 Å². The summed E-state index contributed by atoms with van der Waals surface area (Å²) >= 11 is 1.60. The molecule has 0 amide bonds. The summed E-state index contributed by atoms with van der Waals surface area (Å²) in [4.78, 5) is 2.87. The number of anilines is 1. The Kier molecular flexibility index (Phi) is 2.34. The maximum atomic E-state index is 13.0. The molecule has 0 N–H and O–H groups in total. The van der Waals surface area contributed by atoms with Gasteiger partial charge in [0, 0.05) is 17.7 Å². The van der Waals surface area contributed by atoms with Gasteiger partial charge in [-0.25, -0.2) is 4.39 Å². The van der Waals surface area contributed by atoms with Crippen LogP contribution in [0.15, 0.2) is 23.1 Å². The molecule has 0 aliphatic carbocycles. The number of rotatable bonds is 0. The minimum absolute atomic E-state index is 0.158. The summed E-state index contributed by atoms with van der Waals surface area (Å²) in [5, 5.41) is 8.86. The van der Waals surface area contributed by atoms with Crippen molar-refractivity contribution >= 4 is 17.4 Å². The predicted octanol–water partition coefficient (Wildman–Crippen LogP) is 2.26. The van der Waals surface area contributed by atoms with E-state index in [1.165, 1.54) is 12.1 Å². The zero-order chi connectivity index (χ0) is 10.1. The molecule has 1 aliphatic heterocycles. The molecular formula is C10H9FN2S. The highest BCUT2D eigenvalue weighted by Gasteiger charge is 2.23. The first kappa shape index (κ1) is 9.35. The van der Waals surface area contributed by atoms with E-state index in [-0.39, 0.29) is 11.9 Å². The highest BCUT2D eigenvalue weighted by atomic mass is 32.2. The third-order valence-corrected chi connectivity index (χ3v) is 3.45. The van der Waals surface area contributed by atoms with Crippen LogP contribution in [0.1, 0.15) is 0 Å². The Morgan fingerprint density at radius 1 is 1.64 bits per heavy atom. The molecule has 0 spiro atoms. The summed E-state index contributed by atoms with van der Waals surface area (Å²) < 4.78 is 13.0. The summed E-state index contributed by atoms with van der Waals surface area (Å²) in [6.45, 7) is 0. The van der Waals surface area contributed by atoms with E-state index in [0.717, 1.165) is 16.3 Å².